The van der Waals surface area contributed by atoms with E-state index in [0.29, 0.717) is 60.6 Å². The van der Waals surface area contributed by atoms with Crippen LogP contribution in [0.5, 0.6) is 11.5 Å². The molecule has 2 saturated carbocycles. The van der Waals surface area contributed by atoms with Crippen LogP contribution in [0, 0.1) is 23.2 Å². The molecule has 1 aromatic rings. The van der Waals surface area contributed by atoms with Gasteiger partial charge in [-0.25, -0.2) is 0 Å². The zero-order valence-corrected chi connectivity index (χ0v) is 21.0. The van der Waals surface area contributed by atoms with Gasteiger partial charge < -0.3 is 14.7 Å². The molecule has 0 bridgehead atoms. The summed E-state index contributed by atoms with van der Waals surface area (Å²) in [5, 5.41) is 10.4. The summed E-state index contributed by atoms with van der Waals surface area (Å²) in [6.07, 6.45) is 10.7. The van der Waals surface area contributed by atoms with Gasteiger partial charge in [-0.1, -0.05) is 6.92 Å². The highest BCUT2D eigenvalue weighted by molar-refractivity contribution is 5.87. The number of phenolic OH excluding ortho intramolecular Hbond substituents is 1. The number of fused-ring (bicyclic) bond motifs is 5. The van der Waals surface area contributed by atoms with E-state index in [0.717, 1.165) is 64.5 Å². The number of ether oxygens (including phenoxy) is 1. The van der Waals surface area contributed by atoms with Crippen LogP contribution in [-0.2, 0) is 16.0 Å². The summed E-state index contributed by atoms with van der Waals surface area (Å²) >= 11 is 0. The number of carbonyl (C=O) groups is 2. The van der Waals surface area contributed by atoms with Gasteiger partial charge in [0.05, 0.1) is 6.61 Å². The van der Waals surface area contributed by atoms with Crippen molar-refractivity contribution in [2.45, 2.75) is 90.4 Å². The average molecular weight is 468 g/mol. The van der Waals surface area contributed by atoms with Crippen LogP contribution in [0.3, 0.4) is 0 Å². The Bertz CT molecular complexity index is 936. The summed E-state index contributed by atoms with van der Waals surface area (Å²) in [6, 6.07) is 3.99. The number of phenols is 1. The first-order valence-electron chi connectivity index (χ1n) is 13.7. The molecule has 5 rings (SSSR count). The van der Waals surface area contributed by atoms with Crippen LogP contribution in [-0.4, -0.2) is 41.4 Å². The van der Waals surface area contributed by atoms with Gasteiger partial charge in [0.15, 0.2) is 11.5 Å². The molecule has 3 fully saturated rings. The van der Waals surface area contributed by atoms with E-state index in [2.05, 4.69) is 13.0 Å². The molecule has 1 N–H and O–H groups in total. The minimum Gasteiger partial charge on any atom is -0.504 e. The Labute approximate surface area is 204 Å². The third-order valence-corrected chi connectivity index (χ3v) is 9.62. The molecule has 5 nitrogen and oxygen atoms in total. The fourth-order valence-corrected chi connectivity index (χ4v) is 8.00. The Balaban J connectivity index is 1.32. The van der Waals surface area contributed by atoms with Crippen molar-refractivity contribution in [1.29, 1.82) is 0 Å². The van der Waals surface area contributed by atoms with E-state index >= 15 is 0 Å². The highest BCUT2D eigenvalue weighted by atomic mass is 16.5. The molecule has 1 aliphatic heterocycles. The molecule has 4 aliphatic rings. The second kappa shape index (κ2) is 9.54. The Morgan fingerprint density at radius 3 is 2.76 bits per heavy atom. The lowest BCUT2D eigenvalue weighted by Crippen LogP contribution is -2.44. The van der Waals surface area contributed by atoms with E-state index in [-0.39, 0.29) is 11.2 Å². The van der Waals surface area contributed by atoms with Crippen LogP contribution in [0.1, 0.15) is 95.1 Å². The molecular weight excluding hydrogens is 426 g/mol. The third kappa shape index (κ3) is 4.13. The van der Waals surface area contributed by atoms with Crippen LogP contribution >= 0.6 is 0 Å². The maximum absolute atomic E-state index is 13.3. The molecule has 5 heteroatoms. The lowest BCUT2D eigenvalue weighted by atomic mass is 9.54. The van der Waals surface area contributed by atoms with E-state index in [1.54, 1.807) is 0 Å². The number of aromatic hydroxyl groups is 1. The van der Waals surface area contributed by atoms with Crippen LogP contribution in [0.2, 0.25) is 0 Å². The first-order valence-corrected chi connectivity index (χ1v) is 13.7. The van der Waals surface area contributed by atoms with Crippen LogP contribution in [0.4, 0.5) is 0 Å². The zero-order valence-electron chi connectivity index (χ0n) is 21.0. The molecule has 1 amide bonds. The first kappa shape index (κ1) is 23.7. The average Bonchev–Trinajstić information content (AvgIpc) is 3.10. The molecule has 34 heavy (non-hydrogen) atoms. The van der Waals surface area contributed by atoms with Crippen molar-refractivity contribution in [2.24, 2.45) is 23.2 Å². The van der Waals surface area contributed by atoms with Crippen molar-refractivity contribution in [3.63, 3.8) is 0 Å². The van der Waals surface area contributed by atoms with Gasteiger partial charge >= 0.3 is 0 Å². The SMILES string of the molecule is CCOc1cc2c(cc1O)CCC1[C@@H]2CCC2(C)C(=O)C[C@H](CCCC(=O)N3CCCCC3)[C@@H]12. The molecule has 186 valence electrons. The molecular formula is C29H41NO4. The number of likely N-dealkylation sites (tertiary alicyclic amines) is 1. The Hall–Kier alpha value is -2.04. The minimum atomic E-state index is -0.208. The lowest BCUT2D eigenvalue weighted by molar-refractivity contribution is -0.132. The molecule has 0 spiro atoms. The second-order valence-electron chi connectivity index (χ2n) is 11.5. The number of nitrogens with zero attached hydrogens (tertiary/aromatic N) is 1. The molecule has 1 saturated heterocycles. The van der Waals surface area contributed by atoms with Gasteiger partial charge in [-0.05, 0) is 112 Å². The minimum absolute atomic E-state index is 0.208. The van der Waals surface area contributed by atoms with E-state index in [1.165, 1.54) is 17.5 Å². The number of rotatable bonds is 6. The third-order valence-electron chi connectivity index (χ3n) is 9.62. The number of amides is 1. The van der Waals surface area contributed by atoms with Crippen molar-refractivity contribution < 1.29 is 19.4 Å². The van der Waals surface area contributed by atoms with Gasteiger partial charge in [0.2, 0.25) is 5.91 Å². The fourth-order valence-electron chi connectivity index (χ4n) is 8.00. The first-order chi connectivity index (χ1) is 16.4. The largest absolute Gasteiger partial charge is 0.504 e. The number of hydrogen-bond donors (Lipinski definition) is 1. The van der Waals surface area contributed by atoms with Gasteiger partial charge in [0.1, 0.15) is 5.78 Å². The van der Waals surface area contributed by atoms with Gasteiger partial charge in [0, 0.05) is 31.3 Å². The number of aryl methyl sites for hydroxylation is 1. The molecule has 1 aromatic carbocycles. The molecule has 2 unspecified atom stereocenters. The summed E-state index contributed by atoms with van der Waals surface area (Å²) in [7, 11) is 0. The molecule has 3 aliphatic carbocycles. The number of benzene rings is 1. The summed E-state index contributed by atoms with van der Waals surface area (Å²) in [4.78, 5) is 28.0. The second-order valence-corrected chi connectivity index (χ2v) is 11.5. The van der Waals surface area contributed by atoms with Crippen molar-refractivity contribution in [1.82, 2.24) is 4.90 Å². The Morgan fingerprint density at radius 2 is 2.00 bits per heavy atom. The van der Waals surface area contributed by atoms with Crippen molar-refractivity contribution >= 4 is 11.7 Å². The lowest BCUT2D eigenvalue weighted by Gasteiger charge is -2.50. The number of carbonyl (C=O) groups excluding carboxylic acids is 2. The number of hydrogen-bond acceptors (Lipinski definition) is 4. The number of piperidine rings is 1. The van der Waals surface area contributed by atoms with E-state index in [9.17, 15) is 14.7 Å². The molecule has 1 heterocycles. The predicted molar refractivity (Wildman–Crippen MR) is 132 cm³/mol. The van der Waals surface area contributed by atoms with Crippen LogP contribution in [0.15, 0.2) is 12.1 Å². The van der Waals surface area contributed by atoms with Crippen LogP contribution < -0.4 is 4.74 Å². The predicted octanol–water partition coefficient (Wildman–Crippen LogP) is 5.63. The van der Waals surface area contributed by atoms with Gasteiger partial charge in [-0.15, -0.1) is 0 Å². The monoisotopic (exact) mass is 467 g/mol. The van der Waals surface area contributed by atoms with E-state index in [1.807, 2.05) is 17.9 Å². The normalized spacial score (nSPS) is 32.6. The number of Topliss-reactive ketones (excluding diaryl/α,β-unsaturated/α-hetero) is 1. The zero-order chi connectivity index (χ0) is 23.9. The summed E-state index contributed by atoms with van der Waals surface area (Å²) in [6.45, 7) is 6.55. The standard InChI is InChI=1S/C29H41NO4/c1-3-34-25-18-23-19(16-24(25)31)10-11-22-21(23)12-13-29(2)26(32)17-20(28(22)29)8-7-9-27(33)30-14-5-4-6-15-30/h16,18,20-22,28,31H,3-15,17H2,1-2H3/t20-,21-,22?,28-,29?/m0/s1. The Kier molecular flexibility index (Phi) is 6.65. The number of ketones is 1. The van der Waals surface area contributed by atoms with Crippen molar-refractivity contribution in [3.05, 3.63) is 23.3 Å². The van der Waals surface area contributed by atoms with Crippen molar-refractivity contribution in [2.75, 3.05) is 19.7 Å². The smallest absolute Gasteiger partial charge is 0.222 e. The fraction of sp³-hybridized carbons (Fsp3) is 0.724. The highest BCUT2D eigenvalue weighted by Gasteiger charge is 2.58. The quantitative estimate of drug-likeness (QED) is 0.589. The summed E-state index contributed by atoms with van der Waals surface area (Å²) in [5.41, 5.74) is 2.37. The maximum atomic E-state index is 13.3. The highest BCUT2D eigenvalue weighted by Crippen LogP contribution is 2.62. The van der Waals surface area contributed by atoms with Crippen LogP contribution in [0.25, 0.3) is 0 Å². The molecule has 0 radical (unpaired) electrons. The topological polar surface area (TPSA) is 66.8 Å². The molecule has 5 atom stereocenters. The van der Waals surface area contributed by atoms with E-state index < -0.39 is 0 Å². The molecule has 0 aromatic heterocycles. The maximum Gasteiger partial charge on any atom is 0.222 e. The van der Waals surface area contributed by atoms with E-state index in [4.69, 9.17) is 4.74 Å². The summed E-state index contributed by atoms with van der Waals surface area (Å²) in [5.74, 6) is 3.32. The van der Waals surface area contributed by atoms with Crippen molar-refractivity contribution in [3.8, 4) is 11.5 Å². The summed E-state index contributed by atoms with van der Waals surface area (Å²) < 4.78 is 5.71. The van der Waals surface area contributed by atoms with Gasteiger partial charge in [0.25, 0.3) is 0 Å². The van der Waals surface area contributed by atoms with Gasteiger partial charge in [-0.3, -0.25) is 9.59 Å². The van der Waals surface area contributed by atoms with Gasteiger partial charge in [-0.2, -0.15) is 0 Å². The Morgan fingerprint density at radius 1 is 1.21 bits per heavy atom.